The van der Waals surface area contributed by atoms with Crippen LogP contribution in [-0.4, -0.2) is 28.7 Å². The van der Waals surface area contributed by atoms with Gasteiger partial charge in [-0.2, -0.15) is 40.8 Å². The van der Waals surface area contributed by atoms with Crippen molar-refractivity contribution in [1.82, 2.24) is 9.97 Å². The van der Waals surface area contributed by atoms with E-state index in [2.05, 4.69) is 30.5 Å². The standard InChI is InChI=1S/C20H13F8N5O/c21-15-6-3-12(9-14(15)19(24,25)26)31-18-29-8-7-16(32-18)33-30-10-11-1-4-13(5-2-11)34-20(27,28)17(22)23/h1-10,17H,(H2,29,31,32,33)/b30-10+. The molecule has 3 rings (SSSR count). The molecule has 3 aromatic rings. The third-order valence-corrected chi connectivity index (χ3v) is 3.96. The van der Waals surface area contributed by atoms with Gasteiger partial charge in [-0.1, -0.05) is 0 Å². The van der Waals surface area contributed by atoms with E-state index in [4.69, 9.17) is 0 Å². The number of hydrazone groups is 1. The maximum atomic E-state index is 13.4. The summed E-state index contributed by atoms with van der Waals surface area (Å²) in [5.74, 6) is -1.88. The van der Waals surface area contributed by atoms with Crippen molar-refractivity contribution in [2.75, 3.05) is 10.7 Å². The van der Waals surface area contributed by atoms with Crippen LogP contribution in [0.1, 0.15) is 11.1 Å². The van der Waals surface area contributed by atoms with Crippen LogP contribution in [0, 0.1) is 5.82 Å². The minimum Gasteiger partial charge on any atom is -0.428 e. The van der Waals surface area contributed by atoms with E-state index in [1.54, 1.807) is 0 Å². The van der Waals surface area contributed by atoms with Crippen molar-refractivity contribution in [2.24, 2.45) is 5.10 Å². The second-order valence-electron chi connectivity index (χ2n) is 6.49. The Balaban J connectivity index is 1.63. The first-order chi connectivity index (χ1) is 15.9. The number of halogens is 8. The van der Waals surface area contributed by atoms with Gasteiger partial charge in [0.25, 0.3) is 0 Å². The summed E-state index contributed by atoms with van der Waals surface area (Å²) in [6, 6.07) is 8.34. The smallest absolute Gasteiger partial charge is 0.428 e. The fraction of sp³-hybridized carbons (Fsp3) is 0.150. The highest BCUT2D eigenvalue weighted by Crippen LogP contribution is 2.33. The van der Waals surface area contributed by atoms with E-state index in [0.717, 1.165) is 18.2 Å². The zero-order valence-corrected chi connectivity index (χ0v) is 16.6. The maximum Gasteiger partial charge on any atom is 0.461 e. The summed E-state index contributed by atoms with van der Waals surface area (Å²) in [5.41, 5.74) is 1.35. The van der Waals surface area contributed by atoms with Crippen molar-refractivity contribution < 1.29 is 39.9 Å². The molecule has 0 fully saturated rings. The number of anilines is 3. The van der Waals surface area contributed by atoms with Crippen LogP contribution < -0.4 is 15.5 Å². The molecule has 0 saturated heterocycles. The van der Waals surface area contributed by atoms with Gasteiger partial charge in [0.15, 0.2) is 5.82 Å². The second-order valence-corrected chi connectivity index (χ2v) is 6.49. The first-order valence-corrected chi connectivity index (χ1v) is 9.15. The summed E-state index contributed by atoms with van der Waals surface area (Å²) in [6.45, 7) is 0. The van der Waals surface area contributed by atoms with Crippen LogP contribution in [0.2, 0.25) is 0 Å². The van der Waals surface area contributed by atoms with Crippen LogP contribution in [-0.2, 0) is 6.18 Å². The lowest BCUT2D eigenvalue weighted by Gasteiger charge is -2.16. The Morgan fingerprint density at radius 2 is 1.68 bits per heavy atom. The molecule has 180 valence electrons. The van der Waals surface area contributed by atoms with E-state index in [-0.39, 0.29) is 17.5 Å². The third-order valence-electron chi connectivity index (χ3n) is 3.96. The molecule has 0 aliphatic carbocycles. The first-order valence-electron chi connectivity index (χ1n) is 9.15. The number of aromatic nitrogens is 2. The molecular formula is C20H13F8N5O. The number of benzene rings is 2. The predicted octanol–water partition coefficient (Wildman–Crippen LogP) is 6.06. The van der Waals surface area contributed by atoms with Gasteiger partial charge in [0.05, 0.1) is 11.8 Å². The molecule has 1 heterocycles. The minimum absolute atomic E-state index is 0.103. The maximum absolute atomic E-state index is 13.4. The summed E-state index contributed by atoms with van der Waals surface area (Å²) in [4.78, 5) is 7.84. The zero-order valence-electron chi connectivity index (χ0n) is 16.6. The predicted molar refractivity (Wildman–Crippen MR) is 106 cm³/mol. The van der Waals surface area contributed by atoms with Crippen molar-refractivity contribution in [3.63, 3.8) is 0 Å². The molecule has 6 nitrogen and oxygen atoms in total. The minimum atomic E-state index is -4.88. The van der Waals surface area contributed by atoms with E-state index in [9.17, 15) is 35.1 Å². The van der Waals surface area contributed by atoms with Crippen molar-refractivity contribution in [3.05, 3.63) is 71.7 Å². The van der Waals surface area contributed by atoms with E-state index in [1.807, 2.05) is 0 Å². The lowest BCUT2D eigenvalue weighted by Crippen LogP contribution is -2.33. The largest absolute Gasteiger partial charge is 0.461 e. The summed E-state index contributed by atoms with van der Waals surface area (Å²) in [7, 11) is 0. The molecular weight excluding hydrogens is 478 g/mol. The van der Waals surface area contributed by atoms with Crippen molar-refractivity contribution >= 4 is 23.7 Å². The molecule has 0 spiro atoms. The Bertz CT molecular complexity index is 1150. The fourth-order valence-electron chi connectivity index (χ4n) is 2.43. The number of nitrogens with zero attached hydrogens (tertiary/aromatic N) is 3. The van der Waals surface area contributed by atoms with Crippen LogP contribution in [0.5, 0.6) is 5.75 Å². The second kappa shape index (κ2) is 9.89. The number of rotatable bonds is 8. The lowest BCUT2D eigenvalue weighted by atomic mass is 10.2. The molecule has 0 radical (unpaired) electrons. The van der Waals surface area contributed by atoms with E-state index < -0.39 is 35.8 Å². The molecule has 0 aliphatic rings. The van der Waals surface area contributed by atoms with Crippen LogP contribution in [0.4, 0.5) is 52.6 Å². The molecule has 1 aromatic heterocycles. The Hall–Kier alpha value is -3.97. The molecule has 2 aromatic carbocycles. The van der Waals surface area contributed by atoms with Gasteiger partial charge in [-0.3, -0.25) is 5.43 Å². The molecule has 34 heavy (non-hydrogen) atoms. The fourth-order valence-corrected chi connectivity index (χ4v) is 2.43. The van der Waals surface area contributed by atoms with Crippen molar-refractivity contribution in [3.8, 4) is 5.75 Å². The molecule has 0 bridgehead atoms. The number of hydrogen-bond donors (Lipinski definition) is 2. The third kappa shape index (κ3) is 6.52. The van der Waals surface area contributed by atoms with Gasteiger partial charge in [-0.25, -0.2) is 9.37 Å². The highest BCUT2D eigenvalue weighted by molar-refractivity contribution is 5.80. The number of hydrogen-bond acceptors (Lipinski definition) is 6. The Morgan fingerprint density at radius 3 is 2.32 bits per heavy atom. The summed E-state index contributed by atoms with van der Waals surface area (Å²) < 4.78 is 106. The summed E-state index contributed by atoms with van der Waals surface area (Å²) in [6.07, 6.45) is -11.0. The SMILES string of the molecule is Fc1ccc(Nc2nccc(N/N=C/c3ccc(OC(F)(F)C(F)F)cc3)n2)cc1C(F)(F)F. The van der Waals surface area contributed by atoms with Gasteiger partial charge in [0, 0.05) is 18.0 Å². The average Bonchev–Trinajstić information content (AvgIpc) is 2.75. The number of ether oxygens (including phenoxy) is 1. The number of nitrogens with one attached hydrogen (secondary N) is 2. The van der Waals surface area contributed by atoms with Gasteiger partial charge >= 0.3 is 18.7 Å². The molecule has 2 N–H and O–H groups in total. The highest BCUT2D eigenvalue weighted by Gasteiger charge is 2.43. The molecule has 0 saturated carbocycles. The Kier molecular flexibility index (Phi) is 7.17. The Morgan fingerprint density at radius 1 is 0.971 bits per heavy atom. The topological polar surface area (TPSA) is 71.4 Å². The Labute approximate surface area is 186 Å². The normalized spacial score (nSPS) is 12.3. The molecule has 0 atom stereocenters. The van der Waals surface area contributed by atoms with E-state index in [0.29, 0.717) is 17.7 Å². The quantitative estimate of drug-likeness (QED) is 0.228. The monoisotopic (exact) mass is 491 g/mol. The molecule has 0 amide bonds. The van der Waals surface area contributed by atoms with Gasteiger partial charge in [0.2, 0.25) is 5.95 Å². The van der Waals surface area contributed by atoms with Crippen molar-refractivity contribution in [1.29, 1.82) is 0 Å². The van der Waals surface area contributed by atoms with Gasteiger partial charge in [0.1, 0.15) is 11.6 Å². The van der Waals surface area contributed by atoms with Crippen LogP contribution >= 0.6 is 0 Å². The lowest BCUT2D eigenvalue weighted by molar-refractivity contribution is -0.253. The van der Waals surface area contributed by atoms with Gasteiger partial charge < -0.3 is 10.1 Å². The van der Waals surface area contributed by atoms with Crippen molar-refractivity contribution in [2.45, 2.75) is 18.7 Å². The summed E-state index contributed by atoms with van der Waals surface area (Å²) >= 11 is 0. The first kappa shape index (κ1) is 24.7. The zero-order chi connectivity index (χ0) is 24.9. The van der Waals surface area contributed by atoms with Crippen LogP contribution in [0.3, 0.4) is 0 Å². The molecule has 0 aliphatic heterocycles. The number of alkyl halides is 7. The molecule has 0 unspecified atom stereocenters. The highest BCUT2D eigenvalue weighted by atomic mass is 19.4. The molecule has 14 heteroatoms. The van der Waals surface area contributed by atoms with Crippen LogP contribution in [0.15, 0.2) is 59.8 Å². The van der Waals surface area contributed by atoms with Gasteiger partial charge in [-0.15, -0.1) is 0 Å². The van der Waals surface area contributed by atoms with Gasteiger partial charge in [-0.05, 0) is 48.0 Å². The average molecular weight is 491 g/mol. The van der Waals surface area contributed by atoms with E-state index >= 15 is 0 Å². The van der Waals surface area contributed by atoms with Crippen LogP contribution in [0.25, 0.3) is 0 Å². The van der Waals surface area contributed by atoms with E-state index in [1.165, 1.54) is 30.6 Å². The summed E-state index contributed by atoms with van der Waals surface area (Å²) in [5, 5.41) is 6.37.